The number of benzene rings is 1. The summed E-state index contributed by atoms with van der Waals surface area (Å²) in [6.45, 7) is 1.65. The lowest BCUT2D eigenvalue weighted by Crippen LogP contribution is -1.91. The van der Waals surface area contributed by atoms with Crippen LogP contribution in [0.2, 0.25) is 0 Å². The number of carbonyl (C=O) groups is 1. The van der Waals surface area contributed by atoms with Crippen LogP contribution in [-0.2, 0) is 4.79 Å². The van der Waals surface area contributed by atoms with Gasteiger partial charge < -0.3 is 9.90 Å². The van der Waals surface area contributed by atoms with Crippen LogP contribution in [0, 0.1) is 5.92 Å². The molecule has 0 amide bonds. The van der Waals surface area contributed by atoms with E-state index in [1.54, 1.807) is 19.1 Å². The number of aromatic hydroxyl groups is 1. The first-order valence-corrected chi connectivity index (χ1v) is 5.45. The zero-order valence-electron chi connectivity index (χ0n) is 8.94. The van der Waals surface area contributed by atoms with Crippen molar-refractivity contribution in [3.05, 3.63) is 29.8 Å². The normalized spacial score (nSPS) is 23.8. The quantitative estimate of drug-likeness (QED) is 0.818. The molecule has 80 valence electrons. The lowest BCUT2D eigenvalue weighted by atomic mass is 10.1. The second-order valence-corrected chi connectivity index (χ2v) is 4.43. The molecule has 0 bridgehead atoms. The van der Waals surface area contributed by atoms with Crippen molar-refractivity contribution in [1.29, 1.82) is 0 Å². The molecule has 0 saturated heterocycles. The number of rotatable bonds is 4. The molecule has 1 saturated carbocycles. The Kier molecular flexibility index (Phi) is 2.76. The summed E-state index contributed by atoms with van der Waals surface area (Å²) < 4.78 is 0. The fraction of sp³-hybridized carbons (Fsp3) is 0.462. The Hall–Kier alpha value is -1.31. The van der Waals surface area contributed by atoms with Crippen LogP contribution in [0.1, 0.15) is 37.7 Å². The number of hydrogen-bond acceptors (Lipinski definition) is 2. The van der Waals surface area contributed by atoms with Crippen LogP contribution in [-0.4, -0.2) is 10.9 Å². The van der Waals surface area contributed by atoms with Gasteiger partial charge in [0.05, 0.1) is 0 Å². The van der Waals surface area contributed by atoms with Crippen LogP contribution in [0.4, 0.5) is 0 Å². The van der Waals surface area contributed by atoms with Gasteiger partial charge in [0.2, 0.25) is 0 Å². The predicted octanol–water partition coefficient (Wildman–Crippen LogP) is 2.86. The highest BCUT2D eigenvalue weighted by Gasteiger charge is 2.37. The van der Waals surface area contributed by atoms with Crippen LogP contribution < -0.4 is 0 Å². The van der Waals surface area contributed by atoms with E-state index in [1.165, 1.54) is 12.0 Å². The van der Waals surface area contributed by atoms with Gasteiger partial charge >= 0.3 is 0 Å². The van der Waals surface area contributed by atoms with Gasteiger partial charge in [0.25, 0.3) is 0 Å². The van der Waals surface area contributed by atoms with Crippen LogP contribution in [0.25, 0.3) is 0 Å². The summed E-state index contributed by atoms with van der Waals surface area (Å²) >= 11 is 0. The Morgan fingerprint density at radius 3 is 2.67 bits per heavy atom. The molecule has 1 aromatic carbocycles. The topological polar surface area (TPSA) is 37.3 Å². The van der Waals surface area contributed by atoms with Gasteiger partial charge in [-0.15, -0.1) is 0 Å². The molecular formula is C13H16O2. The average Bonchev–Trinajstić information content (AvgIpc) is 2.95. The molecule has 0 spiro atoms. The Morgan fingerprint density at radius 1 is 1.40 bits per heavy atom. The Bertz CT molecular complexity index is 353. The van der Waals surface area contributed by atoms with E-state index in [0.717, 1.165) is 6.42 Å². The minimum Gasteiger partial charge on any atom is -0.508 e. The number of hydrogen-bond donors (Lipinski definition) is 1. The Morgan fingerprint density at radius 2 is 2.07 bits per heavy atom. The molecule has 0 aliphatic heterocycles. The van der Waals surface area contributed by atoms with Gasteiger partial charge in [0.1, 0.15) is 11.5 Å². The summed E-state index contributed by atoms with van der Waals surface area (Å²) in [5.41, 5.74) is 1.29. The first-order chi connectivity index (χ1) is 7.16. The lowest BCUT2D eigenvalue weighted by Gasteiger charge is -2.00. The van der Waals surface area contributed by atoms with E-state index in [0.29, 0.717) is 24.0 Å². The summed E-state index contributed by atoms with van der Waals surface area (Å²) in [6.07, 6.45) is 2.91. The van der Waals surface area contributed by atoms with Crippen LogP contribution in [0.15, 0.2) is 24.3 Å². The van der Waals surface area contributed by atoms with E-state index in [2.05, 4.69) is 0 Å². The van der Waals surface area contributed by atoms with Crippen molar-refractivity contribution in [3.63, 3.8) is 0 Å². The number of phenolic OH excluding ortho intramolecular Hbond substituents is 1. The van der Waals surface area contributed by atoms with E-state index in [1.807, 2.05) is 12.1 Å². The number of ketones is 1. The third-order valence-corrected chi connectivity index (χ3v) is 3.11. The third-order valence-electron chi connectivity index (χ3n) is 3.11. The summed E-state index contributed by atoms with van der Waals surface area (Å²) in [6, 6.07) is 7.42. The van der Waals surface area contributed by atoms with Gasteiger partial charge in [0, 0.05) is 6.42 Å². The molecule has 1 N–H and O–H groups in total. The fourth-order valence-electron chi connectivity index (χ4n) is 2.09. The maximum Gasteiger partial charge on any atom is 0.129 e. The fourth-order valence-corrected chi connectivity index (χ4v) is 2.09. The van der Waals surface area contributed by atoms with E-state index in [9.17, 15) is 4.79 Å². The van der Waals surface area contributed by atoms with Gasteiger partial charge in [-0.25, -0.2) is 0 Å². The van der Waals surface area contributed by atoms with E-state index < -0.39 is 0 Å². The molecular weight excluding hydrogens is 188 g/mol. The monoisotopic (exact) mass is 204 g/mol. The minimum atomic E-state index is 0.284. The summed E-state index contributed by atoms with van der Waals surface area (Å²) in [4.78, 5) is 10.8. The first kappa shape index (κ1) is 10.2. The molecule has 2 unspecified atom stereocenters. The maximum atomic E-state index is 10.8. The number of carbonyl (C=O) groups excluding carboxylic acids is 1. The molecule has 0 aromatic heterocycles. The SMILES string of the molecule is CC(=O)CCC1CC1c1ccc(O)cc1. The second kappa shape index (κ2) is 4.05. The predicted molar refractivity (Wildman–Crippen MR) is 58.9 cm³/mol. The minimum absolute atomic E-state index is 0.284. The smallest absolute Gasteiger partial charge is 0.129 e. The van der Waals surface area contributed by atoms with Gasteiger partial charge in [0.15, 0.2) is 0 Å². The van der Waals surface area contributed by atoms with Gasteiger partial charge in [-0.1, -0.05) is 12.1 Å². The molecule has 1 aliphatic carbocycles. The summed E-state index contributed by atoms with van der Waals surface area (Å²) in [5, 5.41) is 9.16. The lowest BCUT2D eigenvalue weighted by molar-refractivity contribution is -0.117. The van der Waals surface area contributed by atoms with Gasteiger partial charge in [-0.2, -0.15) is 0 Å². The summed E-state index contributed by atoms with van der Waals surface area (Å²) in [5.74, 6) is 1.90. The highest BCUT2D eigenvalue weighted by atomic mass is 16.3. The standard InChI is InChI=1S/C13H16O2/c1-9(14)2-3-11-8-13(11)10-4-6-12(15)7-5-10/h4-7,11,13,15H,2-3,8H2,1H3. The van der Waals surface area contributed by atoms with Gasteiger partial charge in [-0.3, -0.25) is 0 Å². The largest absolute Gasteiger partial charge is 0.508 e. The third kappa shape index (κ3) is 2.58. The second-order valence-electron chi connectivity index (χ2n) is 4.43. The zero-order chi connectivity index (χ0) is 10.8. The molecule has 2 nitrogen and oxygen atoms in total. The van der Waals surface area contributed by atoms with Crippen LogP contribution in [0.3, 0.4) is 0 Å². The van der Waals surface area contributed by atoms with Gasteiger partial charge in [-0.05, 0) is 49.3 Å². The van der Waals surface area contributed by atoms with Crippen molar-refractivity contribution in [2.75, 3.05) is 0 Å². The number of Topliss-reactive ketones (excluding diaryl/α,β-unsaturated/α-hetero) is 1. The molecule has 1 fully saturated rings. The highest BCUT2D eigenvalue weighted by Crippen LogP contribution is 2.50. The van der Waals surface area contributed by atoms with Crippen molar-refractivity contribution in [2.24, 2.45) is 5.92 Å². The number of phenols is 1. The van der Waals surface area contributed by atoms with Crippen molar-refractivity contribution in [3.8, 4) is 5.75 Å². The van der Waals surface area contributed by atoms with E-state index >= 15 is 0 Å². The molecule has 1 aliphatic rings. The maximum absolute atomic E-state index is 10.8. The average molecular weight is 204 g/mol. The molecule has 2 rings (SSSR count). The molecule has 1 aromatic rings. The summed E-state index contributed by atoms with van der Waals surface area (Å²) in [7, 11) is 0. The molecule has 0 radical (unpaired) electrons. The van der Waals surface area contributed by atoms with Crippen LogP contribution >= 0.6 is 0 Å². The first-order valence-electron chi connectivity index (χ1n) is 5.45. The van der Waals surface area contributed by atoms with Crippen molar-refractivity contribution in [2.45, 2.75) is 32.1 Å². The van der Waals surface area contributed by atoms with E-state index in [4.69, 9.17) is 5.11 Å². The van der Waals surface area contributed by atoms with Crippen molar-refractivity contribution >= 4 is 5.78 Å². The Labute approximate surface area is 89.9 Å². The van der Waals surface area contributed by atoms with Crippen molar-refractivity contribution in [1.82, 2.24) is 0 Å². The van der Waals surface area contributed by atoms with Crippen molar-refractivity contribution < 1.29 is 9.90 Å². The zero-order valence-corrected chi connectivity index (χ0v) is 8.94. The Balaban J connectivity index is 1.88. The molecule has 2 heteroatoms. The molecule has 0 heterocycles. The van der Waals surface area contributed by atoms with E-state index in [-0.39, 0.29) is 5.78 Å². The molecule has 15 heavy (non-hydrogen) atoms. The molecule has 2 atom stereocenters. The highest BCUT2D eigenvalue weighted by molar-refractivity contribution is 5.75. The van der Waals surface area contributed by atoms with Crippen LogP contribution in [0.5, 0.6) is 5.75 Å².